The number of ether oxygens (including phenoxy) is 1. The minimum Gasteiger partial charge on any atom is -0.485 e. The lowest BCUT2D eigenvalue weighted by atomic mass is 9.87. The number of carbonyl (C=O) groups is 1. The molecule has 2 unspecified atom stereocenters. The summed E-state index contributed by atoms with van der Waals surface area (Å²) in [5.74, 6) is 0.988. The van der Waals surface area contributed by atoms with Gasteiger partial charge in [0.25, 0.3) is 0 Å². The van der Waals surface area contributed by atoms with Gasteiger partial charge in [0, 0.05) is 19.0 Å². The lowest BCUT2D eigenvalue weighted by molar-refractivity contribution is 0.0474. The number of likely N-dealkylation sites (N-methyl/N-ethyl adjacent to an activating group) is 1. The molecule has 1 spiro atoms. The van der Waals surface area contributed by atoms with Crippen LogP contribution in [0, 0.1) is 6.92 Å². The lowest BCUT2D eigenvalue weighted by Crippen LogP contribution is -2.44. The third-order valence-electron chi connectivity index (χ3n) is 4.20. The molecule has 3 heteroatoms. The second kappa shape index (κ2) is 3.82. The highest BCUT2D eigenvalue weighted by Gasteiger charge is 2.47. The summed E-state index contributed by atoms with van der Waals surface area (Å²) in [6, 6.07) is 6.36. The molecule has 1 fully saturated rings. The van der Waals surface area contributed by atoms with Crippen LogP contribution in [-0.2, 0) is 0 Å². The molecule has 0 N–H and O–H groups in total. The summed E-state index contributed by atoms with van der Waals surface area (Å²) in [6.45, 7) is 5.03. The molecule has 1 aromatic rings. The molecule has 18 heavy (non-hydrogen) atoms. The van der Waals surface area contributed by atoms with Gasteiger partial charge in [0.1, 0.15) is 11.4 Å². The van der Waals surface area contributed by atoms with Crippen molar-refractivity contribution < 1.29 is 9.53 Å². The maximum Gasteiger partial charge on any atom is 0.170 e. The van der Waals surface area contributed by atoms with Gasteiger partial charge >= 0.3 is 0 Å². The van der Waals surface area contributed by atoms with Gasteiger partial charge in [-0.3, -0.25) is 9.69 Å². The normalized spacial score (nSPS) is 31.5. The largest absolute Gasteiger partial charge is 0.485 e. The fraction of sp³-hybridized carbons (Fsp3) is 0.533. The molecule has 0 bridgehead atoms. The van der Waals surface area contributed by atoms with Gasteiger partial charge in [0.05, 0.1) is 12.0 Å². The van der Waals surface area contributed by atoms with Crippen LogP contribution in [0.15, 0.2) is 18.2 Å². The number of likely N-dealkylation sites (tertiary alicyclic amines) is 1. The molecule has 0 amide bonds. The van der Waals surface area contributed by atoms with Gasteiger partial charge in [-0.2, -0.15) is 0 Å². The first-order chi connectivity index (χ1) is 8.49. The van der Waals surface area contributed by atoms with Crippen LogP contribution >= 0.6 is 0 Å². The van der Waals surface area contributed by atoms with E-state index in [9.17, 15) is 4.79 Å². The fourth-order valence-corrected chi connectivity index (χ4v) is 3.18. The van der Waals surface area contributed by atoms with Gasteiger partial charge in [-0.15, -0.1) is 0 Å². The van der Waals surface area contributed by atoms with Gasteiger partial charge in [0.15, 0.2) is 5.78 Å². The number of nitrogens with zero attached hydrogens (tertiary/aromatic N) is 1. The van der Waals surface area contributed by atoms with Crippen molar-refractivity contribution in [3.05, 3.63) is 29.3 Å². The molecule has 0 aliphatic carbocycles. The van der Waals surface area contributed by atoms with Gasteiger partial charge in [-0.1, -0.05) is 11.6 Å². The van der Waals surface area contributed by atoms with E-state index in [-0.39, 0.29) is 11.4 Å². The van der Waals surface area contributed by atoms with Crippen LogP contribution in [0.5, 0.6) is 5.75 Å². The average molecular weight is 245 g/mol. The summed E-state index contributed by atoms with van der Waals surface area (Å²) in [6.07, 6.45) is 1.45. The second-order valence-corrected chi connectivity index (χ2v) is 5.85. The summed E-state index contributed by atoms with van der Waals surface area (Å²) < 4.78 is 6.18. The van der Waals surface area contributed by atoms with Crippen molar-refractivity contribution in [2.24, 2.45) is 0 Å². The standard InChI is InChI=1S/C15H19NO2/c1-10-4-5-14-12(6-10)13(17)8-15(18-14)7-11(2)16(3)9-15/h4-6,11H,7-9H2,1-3H3. The van der Waals surface area contributed by atoms with E-state index in [1.54, 1.807) is 0 Å². The number of ketones is 1. The lowest BCUT2D eigenvalue weighted by Gasteiger charge is -2.34. The Kier molecular flexibility index (Phi) is 2.49. The first-order valence-electron chi connectivity index (χ1n) is 6.52. The van der Waals surface area contributed by atoms with E-state index in [1.165, 1.54) is 0 Å². The molecule has 1 aromatic carbocycles. The predicted molar refractivity (Wildman–Crippen MR) is 70.2 cm³/mol. The Balaban J connectivity index is 1.97. The first kappa shape index (κ1) is 11.7. The third kappa shape index (κ3) is 1.74. The Morgan fingerprint density at radius 2 is 2.22 bits per heavy atom. The highest BCUT2D eigenvalue weighted by Crippen LogP contribution is 2.40. The minimum absolute atomic E-state index is 0.224. The van der Waals surface area contributed by atoms with E-state index in [0.29, 0.717) is 12.5 Å². The highest BCUT2D eigenvalue weighted by molar-refractivity contribution is 6.00. The van der Waals surface area contributed by atoms with Crippen molar-refractivity contribution >= 4 is 5.78 Å². The number of carbonyl (C=O) groups excluding carboxylic acids is 1. The summed E-state index contributed by atoms with van der Waals surface area (Å²) in [7, 11) is 2.10. The molecule has 2 aliphatic rings. The monoisotopic (exact) mass is 245 g/mol. The van der Waals surface area contributed by atoms with Crippen LogP contribution in [0.2, 0.25) is 0 Å². The number of fused-ring (bicyclic) bond motifs is 1. The van der Waals surface area contributed by atoms with E-state index in [1.807, 2.05) is 25.1 Å². The predicted octanol–water partition coefficient (Wildman–Crippen LogP) is 2.42. The Morgan fingerprint density at radius 3 is 2.89 bits per heavy atom. The maximum absolute atomic E-state index is 12.3. The van der Waals surface area contributed by atoms with Crippen LogP contribution < -0.4 is 4.74 Å². The zero-order chi connectivity index (χ0) is 12.9. The van der Waals surface area contributed by atoms with Crippen molar-refractivity contribution in [3.8, 4) is 5.75 Å². The molecular formula is C15H19NO2. The molecule has 1 saturated heterocycles. The van der Waals surface area contributed by atoms with E-state index < -0.39 is 0 Å². The zero-order valence-corrected chi connectivity index (χ0v) is 11.2. The van der Waals surface area contributed by atoms with Gasteiger partial charge in [0.2, 0.25) is 0 Å². The van der Waals surface area contributed by atoms with Crippen LogP contribution in [-0.4, -0.2) is 35.9 Å². The highest BCUT2D eigenvalue weighted by atomic mass is 16.5. The molecule has 0 saturated carbocycles. The van der Waals surface area contributed by atoms with Crippen LogP contribution in [0.25, 0.3) is 0 Å². The topological polar surface area (TPSA) is 29.5 Å². The number of hydrogen-bond acceptors (Lipinski definition) is 3. The minimum atomic E-state index is -0.298. The van der Waals surface area contributed by atoms with Crippen LogP contribution in [0.3, 0.4) is 0 Å². The van der Waals surface area contributed by atoms with Crippen molar-refractivity contribution in [1.29, 1.82) is 0 Å². The summed E-state index contributed by atoms with van der Waals surface area (Å²) in [5.41, 5.74) is 1.56. The maximum atomic E-state index is 12.3. The number of benzene rings is 1. The molecule has 2 aliphatic heterocycles. The van der Waals surface area contributed by atoms with E-state index in [0.717, 1.165) is 29.8 Å². The molecule has 3 nitrogen and oxygen atoms in total. The second-order valence-electron chi connectivity index (χ2n) is 5.85. The van der Waals surface area contributed by atoms with Crippen molar-refractivity contribution in [1.82, 2.24) is 4.90 Å². The fourth-order valence-electron chi connectivity index (χ4n) is 3.18. The van der Waals surface area contributed by atoms with E-state index >= 15 is 0 Å². The van der Waals surface area contributed by atoms with Gasteiger partial charge < -0.3 is 4.74 Å². The summed E-state index contributed by atoms with van der Waals surface area (Å²) in [4.78, 5) is 14.6. The number of aryl methyl sites for hydroxylation is 1. The zero-order valence-electron chi connectivity index (χ0n) is 11.2. The number of Topliss-reactive ketones (excluding diaryl/α,β-unsaturated/α-hetero) is 1. The SMILES string of the molecule is Cc1ccc2c(c1)C(=O)CC1(CC(C)N(C)C1)O2. The quantitative estimate of drug-likeness (QED) is 0.703. The summed E-state index contributed by atoms with van der Waals surface area (Å²) in [5, 5.41) is 0. The number of rotatable bonds is 0. The molecule has 3 rings (SSSR count). The van der Waals surface area contributed by atoms with Crippen molar-refractivity contribution in [2.45, 2.75) is 38.3 Å². The van der Waals surface area contributed by atoms with Crippen molar-refractivity contribution in [2.75, 3.05) is 13.6 Å². The molecular weight excluding hydrogens is 226 g/mol. The number of hydrogen-bond donors (Lipinski definition) is 0. The Bertz CT molecular complexity index is 499. The smallest absolute Gasteiger partial charge is 0.170 e. The Labute approximate surface area is 108 Å². The Morgan fingerprint density at radius 1 is 1.44 bits per heavy atom. The molecule has 96 valence electrons. The molecule has 0 radical (unpaired) electrons. The van der Waals surface area contributed by atoms with Crippen LogP contribution in [0.4, 0.5) is 0 Å². The van der Waals surface area contributed by atoms with Crippen LogP contribution in [0.1, 0.15) is 35.7 Å². The van der Waals surface area contributed by atoms with Crippen molar-refractivity contribution in [3.63, 3.8) is 0 Å². The van der Waals surface area contributed by atoms with E-state index in [4.69, 9.17) is 4.74 Å². The Hall–Kier alpha value is -1.35. The molecule has 0 aromatic heterocycles. The van der Waals surface area contributed by atoms with E-state index in [2.05, 4.69) is 18.9 Å². The molecule has 2 atom stereocenters. The summed E-state index contributed by atoms with van der Waals surface area (Å²) >= 11 is 0. The average Bonchev–Trinajstić information content (AvgIpc) is 2.55. The third-order valence-corrected chi connectivity index (χ3v) is 4.20. The van der Waals surface area contributed by atoms with Gasteiger partial charge in [-0.05, 0) is 33.0 Å². The first-order valence-corrected chi connectivity index (χ1v) is 6.52. The molecule has 2 heterocycles. The van der Waals surface area contributed by atoms with Gasteiger partial charge in [-0.25, -0.2) is 0 Å².